The summed E-state index contributed by atoms with van der Waals surface area (Å²) >= 11 is 1.27. The van der Waals surface area contributed by atoms with Gasteiger partial charge in [-0.3, -0.25) is 14.5 Å². The zero-order chi connectivity index (χ0) is 17.0. The fourth-order valence-corrected chi connectivity index (χ4v) is 3.36. The lowest BCUT2D eigenvalue weighted by Gasteiger charge is -2.39. The van der Waals surface area contributed by atoms with Gasteiger partial charge in [-0.05, 0) is 32.9 Å². The minimum Gasteiger partial charge on any atom is -0.480 e. The number of carboxylic acid groups (broad SMARTS) is 1. The van der Waals surface area contributed by atoms with Crippen LogP contribution in [-0.4, -0.2) is 58.9 Å². The van der Waals surface area contributed by atoms with Gasteiger partial charge in [0.1, 0.15) is 5.25 Å². The number of hydrogen-bond acceptors (Lipinski definition) is 5. The molecule has 1 heterocycles. The van der Waals surface area contributed by atoms with Crippen LogP contribution in [0.1, 0.15) is 31.1 Å². The molecule has 1 aromatic rings. The van der Waals surface area contributed by atoms with Gasteiger partial charge in [-0.1, -0.05) is 12.1 Å². The van der Waals surface area contributed by atoms with Gasteiger partial charge < -0.3 is 9.84 Å². The van der Waals surface area contributed by atoms with Gasteiger partial charge in [0.2, 0.25) is 0 Å². The Labute approximate surface area is 141 Å². The highest BCUT2D eigenvalue weighted by molar-refractivity contribution is 8.00. The molecule has 5 nitrogen and oxygen atoms in total. The second-order valence-electron chi connectivity index (χ2n) is 6.11. The predicted octanol–water partition coefficient (Wildman–Crippen LogP) is 2.55. The highest BCUT2D eigenvalue weighted by Crippen LogP contribution is 2.26. The number of aliphatic carboxylic acids is 1. The van der Waals surface area contributed by atoms with Gasteiger partial charge in [0.15, 0.2) is 5.78 Å². The maximum absolute atomic E-state index is 12.8. The molecule has 1 saturated heterocycles. The van der Waals surface area contributed by atoms with Crippen LogP contribution < -0.4 is 0 Å². The summed E-state index contributed by atoms with van der Waals surface area (Å²) in [6.45, 7) is 8.34. The standard InChI is InChI=1S/C17H23NO4S/c1-12(16(20)21)23-14-6-4-13(5-7-14)15(19)17(2,3)18-8-10-22-11-9-18/h4-7,12H,8-11H2,1-3H3,(H,20,21). The van der Waals surface area contributed by atoms with Gasteiger partial charge in [-0.25, -0.2) is 0 Å². The number of morpholine rings is 1. The Balaban J connectivity index is 2.08. The molecule has 0 aliphatic carbocycles. The van der Waals surface area contributed by atoms with E-state index in [-0.39, 0.29) is 5.78 Å². The molecule has 23 heavy (non-hydrogen) atoms. The van der Waals surface area contributed by atoms with E-state index in [1.54, 1.807) is 19.1 Å². The monoisotopic (exact) mass is 337 g/mol. The second-order valence-corrected chi connectivity index (χ2v) is 7.52. The average molecular weight is 337 g/mol. The third-order valence-corrected chi connectivity index (χ3v) is 5.23. The third kappa shape index (κ3) is 4.34. The fourth-order valence-electron chi connectivity index (χ4n) is 2.56. The van der Waals surface area contributed by atoms with Crippen molar-refractivity contribution in [1.82, 2.24) is 4.90 Å². The minimum atomic E-state index is -0.844. The number of rotatable bonds is 6. The zero-order valence-electron chi connectivity index (χ0n) is 13.7. The Morgan fingerprint density at radius 2 is 1.78 bits per heavy atom. The van der Waals surface area contributed by atoms with Gasteiger partial charge >= 0.3 is 5.97 Å². The number of carbonyl (C=O) groups excluding carboxylic acids is 1. The van der Waals surface area contributed by atoms with Crippen LogP contribution in [-0.2, 0) is 9.53 Å². The van der Waals surface area contributed by atoms with E-state index < -0.39 is 16.8 Å². The van der Waals surface area contributed by atoms with Crippen molar-refractivity contribution in [3.8, 4) is 0 Å². The lowest BCUT2D eigenvalue weighted by atomic mass is 9.91. The molecule has 0 spiro atoms. The fraction of sp³-hybridized carbons (Fsp3) is 0.529. The summed E-state index contributed by atoms with van der Waals surface area (Å²) in [7, 11) is 0. The van der Waals surface area contributed by atoms with E-state index in [4.69, 9.17) is 9.84 Å². The molecule has 2 rings (SSSR count). The van der Waals surface area contributed by atoms with Crippen LogP contribution in [0.3, 0.4) is 0 Å². The van der Waals surface area contributed by atoms with E-state index in [1.807, 2.05) is 26.0 Å². The van der Waals surface area contributed by atoms with Gasteiger partial charge in [-0.2, -0.15) is 0 Å². The first kappa shape index (κ1) is 18.0. The molecule has 1 unspecified atom stereocenters. The number of thioether (sulfide) groups is 1. The van der Waals surface area contributed by atoms with Crippen LogP contribution >= 0.6 is 11.8 Å². The number of Topliss-reactive ketones (excluding diaryl/α,β-unsaturated/α-hetero) is 1. The van der Waals surface area contributed by atoms with Crippen molar-refractivity contribution in [1.29, 1.82) is 0 Å². The van der Waals surface area contributed by atoms with Crippen molar-refractivity contribution in [3.05, 3.63) is 29.8 Å². The number of ketones is 1. The first-order chi connectivity index (χ1) is 10.8. The predicted molar refractivity (Wildman–Crippen MR) is 90.2 cm³/mol. The van der Waals surface area contributed by atoms with Crippen molar-refractivity contribution in [2.24, 2.45) is 0 Å². The van der Waals surface area contributed by atoms with Crippen molar-refractivity contribution in [2.45, 2.75) is 36.5 Å². The first-order valence-electron chi connectivity index (χ1n) is 7.69. The topological polar surface area (TPSA) is 66.8 Å². The van der Waals surface area contributed by atoms with Gasteiger partial charge in [0, 0.05) is 23.5 Å². The van der Waals surface area contributed by atoms with E-state index >= 15 is 0 Å². The maximum atomic E-state index is 12.8. The summed E-state index contributed by atoms with van der Waals surface area (Å²) in [4.78, 5) is 26.7. The molecule has 1 fully saturated rings. The summed E-state index contributed by atoms with van der Waals surface area (Å²) in [6, 6.07) is 7.18. The van der Waals surface area contributed by atoms with Gasteiger partial charge in [0.25, 0.3) is 0 Å². The SMILES string of the molecule is CC(Sc1ccc(C(=O)C(C)(C)N2CCOCC2)cc1)C(=O)O. The first-order valence-corrected chi connectivity index (χ1v) is 8.57. The van der Waals surface area contributed by atoms with E-state index in [1.165, 1.54) is 11.8 Å². The minimum absolute atomic E-state index is 0.0715. The van der Waals surface area contributed by atoms with E-state index in [2.05, 4.69) is 4.90 Å². The molecule has 6 heteroatoms. The molecule has 0 radical (unpaired) electrons. The molecular weight excluding hydrogens is 314 g/mol. The number of nitrogens with zero attached hydrogens (tertiary/aromatic N) is 1. The lowest BCUT2D eigenvalue weighted by molar-refractivity contribution is -0.136. The molecule has 1 N–H and O–H groups in total. The third-order valence-electron chi connectivity index (χ3n) is 4.13. The highest BCUT2D eigenvalue weighted by Gasteiger charge is 2.35. The summed E-state index contributed by atoms with van der Waals surface area (Å²) in [5.74, 6) is -0.772. The number of benzene rings is 1. The number of ether oxygens (including phenoxy) is 1. The molecule has 1 aliphatic heterocycles. The average Bonchev–Trinajstić information content (AvgIpc) is 2.55. The normalized spacial score (nSPS) is 17.7. The van der Waals surface area contributed by atoms with Crippen molar-refractivity contribution < 1.29 is 19.4 Å². The molecule has 0 aromatic heterocycles. The highest BCUT2D eigenvalue weighted by atomic mass is 32.2. The summed E-state index contributed by atoms with van der Waals surface area (Å²) < 4.78 is 5.35. The summed E-state index contributed by atoms with van der Waals surface area (Å²) in [5, 5.41) is 8.43. The molecule has 1 aromatic carbocycles. The Morgan fingerprint density at radius 1 is 1.22 bits per heavy atom. The zero-order valence-corrected chi connectivity index (χ0v) is 14.6. The van der Waals surface area contributed by atoms with E-state index in [0.29, 0.717) is 18.8 Å². The Hall–Kier alpha value is -1.37. The largest absolute Gasteiger partial charge is 0.480 e. The number of carboxylic acids is 1. The molecule has 1 atom stereocenters. The summed E-state index contributed by atoms with van der Waals surface area (Å²) in [6.07, 6.45) is 0. The molecule has 1 aliphatic rings. The van der Waals surface area contributed by atoms with E-state index in [0.717, 1.165) is 18.0 Å². The van der Waals surface area contributed by atoms with Crippen molar-refractivity contribution >= 4 is 23.5 Å². The molecule has 0 amide bonds. The quantitative estimate of drug-likeness (QED) is 0.636. The lowest BCUT2D eigenvalue weighted by Crippen LogP contribution is -2.54. The number of carbonyl (C=O) groups is 2. The van der Waals surface area contributed by atoms with Crippen LogP contribution in [0, 0.1) is 0 Å². The molecule has 126 valence electrons. The smallest absolute Gasteiger partial charge is 0.316 e. The Bertz CT molecular complexity index is 564. The Kier molecular flexibility index (Phi) is 5.84. The second kappa shape index (κ2) is 7.47. The van der Waals surface area contributed by atoms with Crippen LogP contribution in [0.2, 0.25) is 0 Å². The Morgan fingerprint density at radius 3 is 2.30 bits per heavy atom. The van der Waals surface area contributed by atoms with Crippen LogP contribution in [0.4, 0.5) is 0 Å². The van der Waals surface area contributed by atoms with E-state index in [9.17, 15) is 9.59 Å². The summed E-state index contributed by atoms with van der Waals surface area (Å²) in [5.41, 5.74) is 0.0705. The van der Waals surface area contributed by atoms with Gasteiger partial charge in [-0.15, -0.1) is 11.8 Å². The molecule has 0 saturated carbocycles. The van der Waals surface area contributed by atoms with Crippen LogP contribution in [0.15, 0.2) is 29.2 Å². The molecular formula is C17H23NO4S. The van der Waals surface area contributed by atoms with Crippen LogP contribution in [0.25, 0.3) is 0 Å². The van der Waals surface area contributed by atoms with Gasteiger partial charge in [0.05, 0.1) is 18.8 Å². The maximum Gasteiger partial charge on any atom is 0.316 e. The van der Waals surface area contributed by atoms with Crippen molar-refractivity contribution in [2.75, 3.05) is 26.3 Å². The van der Waals surface area contributed by atoms with Crippen molar-refractivity contribution in [3.63, 3.8) is 0 Å². The van der Waals surface area contributed by atoms with Crippen LogP contribution in [0.5, 0.6) is 0 Å². The number of hydrogen-bond donors (Lipinski definition) is 1. The molecule has 0 bridgehead atoms.